The minimum Gasteiger partial charge on any atom is -0.456 e. The highest BCUT2D eigenvalue weighted by atomic mass is 32.1. The standard InChI is InChI=1S/C56H53F6N7O9S/c1-3-68(37-10-8-9-31(2)25-37)47(70)30-69-42-21-24-79-46(42)29-43(69)50(73)65-34-14-11-32(12-15-34)48(71)63-22-6-4-5-7-23-64-49(72)33-13-18-38-41(26-33)54(78-51(38)74)39-19-16-35(66-52(75)55(57,58)59)27-44(39)77-45-28-36(17-20-40(45)54)67-53(76)56(60,61)62/h8-10,13,16-21,24-29,32,34H,3-7,11-12,14-15,22-23,30H2,1-2H3,(H,63,71)(H,64,72)(H,65,73)(H,66,75)(H,67,76). The zero-order valence-corrected chi connectivity index (χ0v) is 43.4. The second kappa shape index (κ2) is 22.6. The highest BCUT2D eigenvalue weighted by Gasteiger charge is 2.54. The summed E-state index contributed by atoms with van der Waals surface area (Å²) >= 11 is 1.50. The summed E-state index contributed by atoms with van der Waals surface area (Å²) in [5, 5.41) is 14.4. The summed E-state index contributed by atoms with van der Waals surface area (Å²) in [5.41, 5.74) is 0.573. The van der Waals surface area contributed by atoms with Gasteiger partial charge in [0.05, 0.1) is 15.8 Å². The van der Waals surface area contributed by atoms with Crippen LogP contribution in [0.15, 0.2) is 96.4 Å². The van der Waals surface area contributed by atoms with E-state index in [2.05, 4.69) is 16.0 Å². The van der Waals surface area contributed by atoms with Gasteiger partial charge in [-0.2, -0.15) is 26.3 Å². The number of rotatable bonds is 17. The van der Waals surface area contributed by atoms with E-state index in [1.54, 1.807) is 20.1 Å². The number of carbonyl (C=O) groups is 7. The molecule has 23 heteroatoms. The van der Waals surface area contributed by atoms with Crippen molar-refractivity contribution in [3.63, 3.8) is 0 Å². The van der Waals surface area contributed by atoms with Crippen molar-refractivity contribution in [2.24, 2.45) is 5.92 Å². The number of hydrogen-bond acceptors (Lipinski definition) is 10. The fraction of sp³-hybridized carbons (Fsp3) is 0.339. The predicted octanol–water partition coefficient (Wildman–Crippen LogP) is 10.0. The second-order valence-electron chi connectivity index (χ2n) is 19.5. The van der Waals surface area contributed by atoms with Gasteiger partial charge in [0, 0.05) is 83.0 Å². The molecule has 6 aromatic rings. The van der Waals surface area contributed by atoms with E-state index in [0.29, 0.717) is 63.7 Å². The molecule has 1 spiro atoms. The molecule has 0 saturated heterocycles. The molecule has 1 saturated carbocycles. The molecule has 6 amide bonds. The number of nitrogens with one attached hydrogen (secondary N) is 5. The minimum absolute atomic E-state index is 0.00313. The Labute approximate surface area is 452 Å². The van der Waals surface area contributed by atoms with Crippen LogP contribution in [0, 0.1) is 12.8 Å². The van der Waals surface area contributed by atoms with E-state index >= 15 is 0 Å². The van der Waals surface area contributed by atoms with E-state index in [9.17, 15) is 59.9 Å². The fourth-order valence-corrected chi connectivity index (χ4v) is 11.1. The molecule has 1 fully saturated rings. The summed E-state index contributed by atoms with van der Waals surface area (Å²) in [4.78, 5) is 93.0. The van der Waals surface area contributed by atoms with Gasteiger partial charge in [0.1, 0.15) is 23.7 Å². The van der Waals surface area contributed by atoms with Crippen molar-refractivity contribution in [3.05, 3.63) is 135 Å². The molecule has 2 aliphatic heterocycles. The lowest BCUT2D eigenvalue weighted by Crippen LogP contribution is -2.42. The summed E-state index contributed by atoms with van der Waals surface area (Å²) in [5.74, 6) is -7.19. The van der Waals surface area contributed by atoms with Crippen molar-refractivity contribution in [1.82, 2.24) is 20.5 Å². The molecular formula is C56H53F6N7O9S. The van der Waals surface area contributed by atoms with E-state index in [-0.39, 0.29) is 82.1 Å². The van der Waals surface area contributed by atoms with E-state index in [4.69, 9.17) is 9.47 Å². The van der Waals surface area contributed by atoms with Crippen LogP contribution in [0.3, 0.4) is 0 Å². The van der Waals surface area contributed by atoms with E-state index < -0.39 is 53.0 Å². The number of hydrogen-bond donors (Lipinski definition) is 5. The number of aryl methyl sites for hydroxylation is 1. The Bertz CT molecular complexity index is 3310. The van der Waals surface area contributed by atoms with Crippen LogP contribution >= 0.6 is 11.3 Å². The molecule has 79 heavy (non-hydrogen) atoms. The number of halogens is 6. The largest absolute Gasteiger partial charge is 0.471 e. The Kier molecular flexibility index (Phi) is 15.9. The SMILES string of the molecule is CCN(C(=O)Cn1c(C(=O)NC2CCC(C(=O)NCCCCCCNC(=O)c3ccc4c(c3)C3(OC4=O)c4ccc(NC(=O)C(F)(F)F)cc4Oc4cc(NC(=O)C(F)(F)F)ccc43)CC2)cc2sccc21)c1cccc(C)c1. The predicted molar refractivity (Wildman–Crippen MR) is 280 cm³/mol. The highest BCUT2D eigenvalue weighted by molar-refractivity contribution is 7.17. The van der Waals surface area contributed by atoms with Crippen LogP contribution in [-0.2, 0) is 36.1 Å². The number of likely N-dealkylation sites (N-methyl/N-ethyl adjacent to an activating group) is 1. The number of esters is 1. The highest BCUT2D eigenvalue weighted by Crippen LogP contribution is 2.57. The number of aromatic nitrogens is 1. The molecule has 414 valence electrons. The zero-order valence-electron chi connectivity index (χ0n) is 42.6. The van der Waals surface area contributed by atoms with Crippen molar-refractivity contribution < 1.29 is 69.4 Å². The Balaban J connectivity index is 0.752. The summed E-state index contributed by atoms with van der Waals surface area (Å²) in [6, 6.07) is 22.2. The number of carbonyl (C=O) groups excluding carboxylic acids is 7. The lowest BCUT2D eigenvalue weighted by Gasteiger charge is -2.37. The van der Waals surface area contributed by atoms with Crippen LogP contribution in [-0.4, -0.2) is 84.0 Å². The molecule has 0 unspecified atom stereocenters. The number of alkyl halides is 6. The van der Waals surface area contributed by atoms with Gasteiger partial charge in [-0.1, -0.05) is 25.0 Å². The number of benzene rings is 4. The summed E-state index contributed by atoms with van der Waals surface area (Å²) < 4.78 is 93.6. The van der Waals surface area contributed by atoms with Gasteiger partial charge in [0.15, 0.2) is 5.60 Å². The first-order valence-electron chi connectivity index (χ1n) is 25.6. The number of fused-ring (bicyclic) bond motifs is 7. The second-order valence-corrected chi connectivity index (χ2v) is 20.5. The van der Waals surface area contributed by atoms with Gasteiger partial charge in [0.2, 0.25) is 11.8 Å². The van der Waals surface area contributed by atoms with Crippen molar-refractivity contribution in [3.8, 4) is 11.5 Å². The number of anilines is 3. The van der Waals surface area contributed by atoms with Crippen molar-refractivity contribution in [2.45, 2.75) is 95.8 Å². The molecule has 5 N–H and O–H groups in total. The third-order valence-electron chi connectivity index (χ3n) is 14.2. The summed E-state index contributed by atoms with van der Waals surface area (Å²) in [6.45, 7) is 5.07. The van der Waals surface area contributed by atoms with Gasteiger partial charge in [-0.05, 0) is 130 Å². The van der Waals surface area contributed by atoms with Crippen LogP contribution in [0.25, 0.3) is 10.2 Å². The molecule has 0 bridgehead atoms. The minimum atomic E-state index is -5.26. The van der Waals surface area contributed by atoms with Crippen molar-refractivity contribution >= 4 is 80.0 Å². The third-order valence-corrected chi connectivity index (χ3v) is 15.1. The maximum absolute atomic E-state index is 13.8. The van der Waals surface area contributed by atoms with Crippen LogP contribution in [0.4, 0.5) is 43.4 Å². The quantitative estimate of drug-likeness (QED) is 0.0334. The fourth-order valence-electron chi connectivity index (χ4n) is 10.3. The molecule has 2 aromatic heterocycles. The van der Waals surface area contributed by atoms with Gasteiger partial charge in [-0.25, -0.2) is 4.79 Å². The average molecular weight is 1110 g/mol. The van der Waals surface area contributed by atoms with Gasteiger partial charge in [0.25, 0.3) is 11.8 Å². The molecule has 0 atom stereocenters. The Hall–Kier alpha value is -8.21. The number of ether oxygens (including phenoxy) is 2. The van der Waals surface area contributed by atoms with Crippen LogP contribution < -0.4 is 36.2 Å². The van der Waals surface area contributed by atoms with Crippen LogP contribution in [0.1, 0.15) is 112 Å². The smallest absolute Gasteiger partial charge is 0.456 e. The zero-order chi connectivity index (χ0) is 56.4. The molecule has 9 rings (SSSR count). The topological polar surface area (TPSA) is 206 Å². The van der Waals surface area contributed by atoms with Crippen molar-refractivity contribution in [2.75, 3.05) is 35.2 Å². The maximum atomic E-state index is 13.8. The Morgan fingerprint density at radius 1 is 0.722 bits per heavy atom. The number of thiophene rings is 1. The molecule has 16 nitrogen and oxygen atoms in total. The Morgan fingerprint density at radius 2 is 1.35 bits per heavy atom. The first kappa shape index (κ1) is 55.5. The molecule has 4 heterocycles. The van der Waals surface area contributed by atoms with E-state index in [1.165, 1.54) is 41.7 Å². The number of unbranched alkanes of at least 4 members (excludes halogenated alkanes) is 3. The first-order chi connectivity index (χ1) is 37.6. The van der Waals surface area contributed by atoms with Crippen molar-refractivity contribution in [1.29, 1.82) is 0 Å². The summed E-state index contributed by atoms with van der Waals surface area (Å²) in [7, 11) is 0. The van der Waals surface area contributed by atoms with Gasteiger partial charge in [-0.15, -0.1) is 11.3 Å². The number of amides is 6. The van der Waals surface area contributed by atoms with Crippen LogP contribution in [0.2, 0.25) is 0 Å². The Morgan fingerprint density at radius 3 is 1.96 bits per heavy atom. The van der Waals surface area contributed by atoms with E-state index in [0.717, 1.165) is 52.2 Å². The molecule has 1 aliphatic carbocycles. The van der Waals surface area contributed by atoms with Gasteiger partial charge >= 0.3 is 30.1 Å². The molecule has 0 radical (unpaired) electrons. The summed E-state index contributed by atoms with van der Waals surface area (Å²) in [6.07, 6.45) is -5.37. The lowest BCUT2D eigenvalue weighted by molar-refractivity contribution is -0.167. The third kappa shape index (κ3) is 11.8. The molecule has 4 aromatic carbocycles. The normalized spacial score (nSPS) is 16.2. The monoisotopic (exact) mass is 1110 g/mol. The van der Waals surface area contributed by atoms with Gasteiger partial charge in [-0.3, -0.25) is 28.8 Å². The molecule has 3 aliphatic rings. The first-order valence-corrected chi connectivity index (χ1v) is 26.4. The average Bonchev–Trinajstić information content (AvgIpc) is 3.38. The van der Waals surface area contributed by atoms with Crippen LogP contribution in [0.5, 0.6) is 11.5 Å². The number of nitrogens with zero attached hydrogens (tertiary/aromatic N) is 2. The van der Waals surface area contributed by atoms with Gasteiger partial charge < -0.3 is 45.5 Å². The molecular weight excluding hydrogens is 1060 g/mol. The maximum Gasteiger partial charge on any atom is 0.471 e. The lowest BCUT2D eigenvalue weighted by atomic mass is 9.77. The van der Waals surface area contributed by atoms with E-state index in [1.807, 2.05) is 55.6 Å².